The Hall–Kier alpha value is -1.08. The fourth-order valence-corrected chi connectivity index (χ4v) is 2.57. The molecule has 1 rings (SSSR count). The summed E-state index contributed by atoms with van der Waals surface area (Å²) in [7, 11) is -2.24. The van der Waals surface area contributed by atoms with Crippen LogP contribution in [0.15, 0.2) is 35.2 Å². The molecule has 0 heterocycles. The molecular formula is C11H15ClN2O3S. The highest BCUT2D eigenvalue weighted by Crippen LogP contribution is 2.26. The van der Waals surface area contributed by atoms with Crippen molar-refractivity contribution in [3.63, 3.8) is 0 Å². The van der Waals surface area contributed by atoms with E-state index in [0.717, 1.165) is 0 Å². The van der Waals surface area contributed by atoms with Crippen molar-refractivity contribution in [2.24, 2.45) is 5.73 Å². The van der Waals surface area contributed by atoms with Gasteiger partial charge in [-0.2, -0.15) is 0 Å². The molecule has 0 saturated carbocycles. The van der Waals surface area contributed by atoms with Gasteiger partial charge in [0, 0.05) is 24.2 Å². The Morgan fingerprint density at radius 3 is 2.78 bits per heavy atom. The largest absolute Gasteiger partial charge is 0.495 e. The van der Waals surface area contributed by atoms with Crippen LogP contribution in [0.4, 0.5) is 0 Å². The lowest BCUT2D eigenvalue weighted by atomic mass is 10.3. The first kappa shape index (κ1) is 15.0. The number of methoxy groups -OCH3 is 1. The van der Waals surface area contributed by atoms with Gasteiger partial charge in [-0.05, 0) is 12.1 Å². The van der Waals surface area contributed by atoms with Crippen LogP contribution < -0.4 is 15.2 Å². The molecule has 18 heavy (non-hydrogen) atoms. The number of ether oxygens (including phenoxy) is 1. The van der Waals surface area contributed by atoms with E-state index in [1.165, 1.54) is 25.3 Å². The van der Waals surface area contributed by atoms with Crippen molar-refractivity contribution >= 4 is 21.6 Å². The molecule has 3 N–H and O–H groups in total. The summed E-state index contributed by atoms with van der Waals surface area (Å²) in [6.45, 7) is 0.539. The van der Waals surface area contributed by atoms with Crippen LogP contribution in [0.5, 0.6) is 5.75 Å². The smallest absolute Gasteiger partial charge is 0.244 e. The van der Waals surface area contributed by atoms with Gasteiger partial charge in [0.2, 0.25) is 10.0 Å². The number of sulfonamides is 1. The van der Waals surface area contributed by atoms with E-state index in [-0.39, 0.29) is 17.2 Å². The van der Waals surface area contributed by atoms with Gasteiger partial charge < -0.3 is 10.5 Å². The van der Waals surface area contributed by atoms with E-state index in [2.05, 4.69) is 4.72 Å². The van der Waals surface area contributed by atoms with Crippen LogP contribution in [0.3, 0.4) is 0 Å². The van der Waals surface area contributed by atoms with Crippen LogP contribution in [0.2, 0.25) is 5.02 Å². The Balaban J connectivity index is 2.94. The van der Waals surface area contributed by atoms with Gasteiger partial charge in [-0.25, -0.2) is 13.1 Å². The zero-order chi connectivity index (χ0) is 13.6. The average Bonchev–Trinajstić information content (AvgIpc) is 2.34. The fraction of sp³-hybridized carbons (Fsp3) is 0.273. The third-order valence-electron chi connectivity index (χ3n) is 2.11. The number of hydrogen-bond donors (Lipinski definition) is 2. The molecule has 0 saturated heterocycles. The summed E-state index contributed by atoms with van der Waals surface area (Å²) in [5, 5.41) is 0.411. The standard InChI is InChI=1S/C11H15ClN2O3S/c1-17-10-8-9(12)4-5-11(10)18(15,16)14-7-3-2-6-13/h2-5,8,14H,6-7,13H2,1H3/b3-2+. The second-order valence-electron chi connectivity index (χ2n) is 3.35. The molecule has 0 aliphatic rings. The summed E-state index contributed by atoms with van der Waals surface area (Å²) in [5.41, 5.74) is 5.25. The fourth-order valence-electron chi connectivity index (χ4n) is 1.28. The first-order valence-corrected chi connectivity index (χ1v) is 7.05. The predicted octanol–water partition coefficient (Wildman–Crippen LogP) is 1.14. The zero-order valence-electron chi connectivity index (χ0n) is 9.89. The van der Waals surface area contributed by atoms with E-state index in [9.17, 15) is 8.42 Å². The number of benzene rings is 1. The molecule has 0 aliphatic carbocycles. The van der Waals surface area contributed by atoms with Crippen molar-refractivity contribution in [3.05, 3.63) is 35.4 Å². The molecule has 0 aliphatic heterocycles. The minimum absolute atomic E-state index is 0.0514. The van der Waals surface area contributed by atoms with Gasteiger partial charge in [0.1, 0.15) is 10.6 Å². The van der Waals surface area contributed by atoms with E-state index in [4.69, 9.17) is 22.1 Å². The van der Waals surface area contributed by atoms with Crippen molar-refractivity contribution in [1.82, 2.24) is 4.72 Å². The van der Waals surface area contributed by atoms with Gasteiger partial charge in [-0.15, -0.1) is 0 Å². The van der Waals surface area contributed by atoms with Gasteiger partial charge in [0.05, 0.1) is 7.11 Å². The first-order valence-electron chi connectivity index (χ1n) is 5.19. The van der Waals surface area contributed by atoms with Crippen LogP contribution in [0.1, 0.15) is 0 Å². The molecule has 5 nitrogen and oxygen atoms in total. The van der Waals surface area contributed by atoms with Gasteiger partial charge in [0.25, 0.3) is 0 Å². The molecule has 0 fully saturated rings. The highest BCUT2D eigenvalue weighted by Gasteiger charge is 2.18. The summed E-state index contributed by atoms with van der Waals surface area (Å²) in [6.07, 6.45) is 3.31. The molecule has 0 aromatic heterocycles. The third-order valence-corrected chi connectivity index (χ3v) is 3.81. The monoisotopic (exact) mass is 290 g/mol. The Kier molecular flexibility index (Phi) is 5.61. The lowest BCUT2D eigenvalue weighted by Gasteiger charge is -2.09. The van der Waals surface area contributed by atoms with Crippen LogP contribution in [-0.4, -0.2) is 28.6 Å². The van der Waals surface area contributed by atoms with E-state index in [0.29, 0.717) is 11.6 Å². The lowest BCUT2D eigenvalue weighted by Crippen LogP contribution is -2.24. The Bertz CT molecular complexity index is 529. The molecule has 7 heteroatoms. The maximum absolute atomic E-state index is 12.0. The van der Waals surface area contributed by atoms with Gasteiger partial charge in [-0.3, -0.25) is 0 Å². The highest BCUT2D eigenvalue weighted by atomic mass is 35.5. The zero-order valence-corrected chi connectivity index (χ0v) is 11.5. The Labute approximate surface area is 112 Å². The minimum atomic E-state index is -3.63. The summed E-state index contributed by atoms with van der Waals surface area (Å²) in [6, 6.07) is 4.34. The summed E-state index contributed by atoms with van der Waals surface area (Å²) < 4.78 is 31.4. The van der Waals surface area contributed by atoms with Crippen molar-refractivity contribution in [1.29, 1.82) is 0 Å². The number of nitrogens with one attached hydrogen (secondary N) is 1. The summed E-state index contributed by atoms with van der Waals surface area (Å²) in [5.74, 6) is 0.206. The molecule has 0 bridgehead atoms. The van der Waals surface area contributed by atoms with Crippen LogP contribution in [0, 0.1) is 0 Å². The van der Waals surface area contributed by atoms with Crippen molar-refractivity contribution < 1.29 is 13.2 Å². The van der Waals surface area contributed by atoms with Crippen molar-refractivity contribution in [2.75, 3.05) is 20.2 Å². The lowest BCUT2D eigenvalue weighted by molar-refractivity contribution is 0.402. The number of nitrogens with two attached hydrogens (primary N) is 1. The highest BCUT2D eigenvalue weighted by molar-refractivity contribution is 7.89. The van der Waals surface area contributed by atoms with Gasteiger partial charge in [-0.1, -0.05) is 23.8 Å². The second kappa shape index (κ2) is 6.75. The van der Waals surface area contributed by atoms with Gasteiger partial charge >= 0.3 is 0 Å². The molecule has 0 unspecified atom stereocenters. The SMILES string of the molecule is COc1cc(Cl)ccc1S(=O)(=O)NC/C=C/CN. The topological polar surface area (TPSA) is 81.4 Å². The Morgan fingerprint density at radius 2 is 2.17 bits per heavy atom. The van der Waals surface area contributed by atoms with Crippen molar-refractivity contribution in [3.8, 4) is 5.75 Å². The number of halogens is 1. The first-order chi connectivity index (χ1) is 8.51. The maximum atomic E-state index is 12.0. The van der Waals surface area contributed by atoms with E-state index in [1.807, 2.05) is 0 Å². The predicted molar refractivity (Wildman–Crippen MR) is 71.4 cm³/mol. The van der Waals surface area contributed by atoms with E-state index < -0.39 is 10.0 Å². The van der Waals surface area contributed by atoms with Crippen molar-refractivity contribution in [2.45, 2.75) is 4.90 Å². The van der Waals surface area contributed by atoms with Crippen LogP contribution in [-0.2, 0) is 10.0 Å². The molecule has 1 aromatic carbocycles. The van der Waals surface area contributed by atoms with E-state index in [1.54, 1.807) is 12.2 Å². The molecule has 0 spiro atoms. The molecule has 100 valence electrons. The number of hydrogen-bond acceptors (Lipinski definition) is 4. The van der Waals surface area contributed by atoms with E-state index >= 15 is 0 Å². The maximum Gasteiger partial charge on any atom is 0.244 e. The quantitative estimate of drug-likeness (QED) is 0.770. The number of rotatable bonds is 6. The second-order valence-corrected chi connectivity index (χ2v) is 5.53. The molecule has 0 atom stereocenters. The molecule has 0 radical (unpaired) electrons. The average molecular weight is 291 g/mol. The van der Waals surface area contributed by atoms with Gasteiger partial charge in [0.15, 0.2) is 0 Å². The van der Waals surface area contributed by atoms with Crippen LogP contribution in [0.25, 0.3) is 0 Å². The third kappa shape index (κ3) is 3.99. The summed E-state index contributed by atoms with van der Waals surface area (Å²) in [4.78, 5) is 0.0514. The minimum Gasteiger partial charge on any atom is -0.495 e. The summed E-state index contributed by atoms with van der Waals surface area (Å²) >= 11 is 5.77. The molecular weight excluding hydrogens is 276 g/mol. The molecule has 1 aromatic rings. The van der Waals surface area contributed by atoms with Crippen LogP contribution >= 0.6 is 11.6 Å². The molecule has 0 amide bonds. The normalized spacial score (nSPS) is 11.9. The Morgan fingerprint density at radius 1 is 1.44 bits per heavy atom.